The van der Waals surface area contributed by atoms with Crippen molar-refractivity contribution in [2.75, 3.05) is 6.61 Å². The predicted octanol–water partition coefficient (Wildman–Crippen LogP) is 6.21. The Morgan fingerprint density at radius 1 is 0.750 bits per heavy atom. The molecule has 0 aliphatic rings. The number of hydrogen-bond donors (Lipinski definition) is 1. The highest BCUT2D eigenvalue weighted by atomic mass is 19.2. The molecule has 9 heteroatoms. The smallest absolute Gasteiger partial charge is 0.328 e. The Balaban J connectivity index is 2.57. The fourth-order valence-electron chi connectivity index (χ4n) is 3.19. The molecule has 1 unspecified atom stereocenters. The van der Waals surface area contributed by atoms with E-state index in [1.54, 1.807) is 13.8 Å². The van der Waals surface area contributed by atoms with Crippen molar-refractivity contribution < 1.29 is 36.3 Å². The Kier molecular flexibility index (Phi) is 12.2. The molecule has 1 atom stereocenters. The highest BCUT2D eigenvalue weighted by molar-refractivity contribution is 5.97. The van der Waals surface area contributed by atoms with Crippen molar-refractivity contribution in [2.45, 2.75) is 84.6 Å². The largest absolute Gasteiger partial charge is 0.464 e. The number of carbonyl (C=O) groups is 2. The number of amides is 1. The number of ether oxygens (including phenoxy) is 1. The van der Waals surface area contributed by atoms with Gasteiger partial charge in [0.05, 0.1) is 6.61 Å². The van der Waals surface area contributed by atoms with Crippen LogP contribution in [0.4, 0.5) is 22.0 Å². The highest BCUT2D eigenvalue weighted by Gasteiger charge is 2.33. The molecule has 182 valence electrons. The van der Waals surface area contributed by atoms with Gasteiger partial charge in [0.15, 0.2) is 23.3 Å². The number of carbonyl (C=O) groups excluding carboxylic acids is 2. The van der Waals surface area contributed by atoms with E-state index in [1.807, 2.05) is 5.32 Å². The van der Waals surface area contributed by atoms with Crippen LogP contribution in [0.15, 0.2) is 0 Å². The lowest BCUT2D eigenvalue weighted by Gasteiger charge is -2.21. The minimum Gasteiger partial charge on any atom is -0.464 e. The van der Waals surface area contributed by atoms with E-state index in [9.17, 15) is 31.5 Å². The van der Waals surface area contributed by atoms with Gasteiger partial charge in [-0.25, -0.2) is 26.7 Å². The molecule has 0 heterocycles. The van der Waals surface area contributed by atoms with Crippen molar-refractivity contribution in [3.05, 3.63) is 34.6 Å². The summed E-state index contributed by atoms with van der Waals surface area (Å²) in [6.45, 7) is 5.36. The summed E-state index contributed by atoms with van der Waals surface area (Å²) in [6, 6.07) is -1.31. The first-order valence-corrected chi connectivity index (χ1v) is 11.1. The fourth-order valence-corrected chi connectivity index (χ4v) is 3.19. The van der Waals surface area contributed by atoms with Crippen molar-refractivity contribution in [1.82, 2.24) is 5.32 Å². The second-order valence-electron chi connectivity index (χ2n) is 8.14. The van der Waals surface area contributed by atoms with Gasteiger partial charge in [-0.3, -0.25) is 4.79 Å². The van der Waals surface area contributed by atoms with E-state index >= 15 is 0 Å². The van der Waals surface area contributed by atoms with E-state index < -0.39 is 58.5 Å². The summed E-state index contributed by atoms with van der Waals surface area (Å²) in [6.07, 6.45) is 9.65. The fraction of sp³-hybridized carbons (Fsp3) is 0.652. The van der Waals surface area contributed by atoms with Gasteiger partial charge in [-0.05, 0) is 12.3 Å². The molecular weight excluding hydrogens is 433 g/mol. The molecular formula is C23H32F5NO3. The van der Waals surface area contributed by atoms with Gasteiger partial charge in [0, 0.05) is 0 Å². The van der Waals surface area contributed by atoms with E-state index in [4.69, 9.17) is 4.74 Å². The molecule has 0 aromatic heterocycles. The molecule has 0 spiro atoms. The third-order valence-corrected chi connectivity index (χ3v) is 5.14. The van der Waals surface area contributed by atoms with Crippen LogP contribution >= 0.6 is 0 Å². The summed E-state index contributed by atoms with van der Waals surface area (Å²) in [5.74, 6) is -14.3. The van der Waals surface area contributed by atoms with Crippen LogP contribution in [0.1, 0.15) is 88.9 Å². The molecule has 0 fully saturated rings. The number of esters is 1. The number of hydrogen-bond acceptors (Lipinski definition) is 3. The zero-order chi connectivity index (χ0) is 24.3. The molecule has 0 saturated heterocycles. The van der Waals surface area contributed by atoms with Crippen molar-refractivity contribution >= 4 is 11.9 Å². The number of halogens is 5. The Morgan fingerprint density at radius 3 is 1.66 bits per heavy atom. The Bertz CT molecular complexity index is 741. The van der Waals surface area contributed by atoms with Crippen molar-refractivity contribution in [2.24, 2.45) is 5.92 Å². The average molecular weight is 466 g/mol. The Morgan fingerprint density at radius 2 is 1.19 bits per heavy atom. The van der Waals surface area contributed by atoms with Crippen LogP contribution in [0.3, 0.4) is 0 Å². The first-order valence-electron chi connectivity index (χ1n) is 11.1. The van der Waals surface area contributed by atoms with Gasteiger partial charge in [0.2, 0.25) is 5.82 Å². The number of nitrogens with one attached hydrogen (secondary N) is 1. The normalized spacial score (nSPS) is 12.2. The molecule has 0 aliphatic heterocycles. The first kappa shape index (κ1) is 27.8. The minimum absolute atomic E-state index is 0.107. The van der Waals surface area contributed by atoms with Gasteiger partial charge in [-0.2, -0.15) is 0 Å². The Hall–Kier alpha value is -2.19. The number of unbranched alkanes of at least 4 members (excludes halogenated alkanes) is 8. The highest BCUT2D eigenvalue weighted by Crippen LogP contribution is 2.23. The van der Waals surface area contributed by atoms with Crippen LogP contribution < -0.4 is 5.32 Å². The average Bonchev–Trinajstić information content (AvgIpc) is 2.75. The predicted molar refractivity (Wildman–Crippen MR) is 111 cm³/mol. The molecule has 1 rings (SSSR count). The van der Waals surface area contributed by atoms with Crippen LogP contribution in [0.2, 0.25) is 0 Å². The Labute approximate surface area is 185 Å². The first-order chi connectivity index (χ1) is 15.1. The molecule has 0 radical (unpaired) electrons. The molecule has 4 nitrogen and oxygen atoms in total. The second-order valence-corrected chi connectivity index (χ2v) is 8.14. The third-order valence-electron chi connectivity index (χ3n) is 5.14. The van der Waals surface area contributed by atoms with E-state index in [-0.39, 0.29) is 6.61 Å². The molecule has 0 bridgehead atoms. The molecule has 1 aromatic carbocycles. The van der Waals surface area contributed by atoms with E-state index in [1.165, 1.54) is 32.1 Å². The number of benzene rings is 1. The molecule has 1 aromatic rings. The zero-order valence-electron chi connectivity index (χ0n) is 18.8. The van der Waals surface area contributed by atoms with Gasteiger partial charge < -0.3 is 10.1 Å². The number of rotatable bonds is 14. The molecule has 32 heavy (non-hydrogen) atoms. The zero-order valence-corrected chi connectivity index (χ0v) is 18.8. The van der Waals surface area contributed by atoms with Crippen LogP contribution in [0, 0.1) is 35.0 Å². The summed E-state index contributed by atoms with van der Waals surface area (Å²) in [5, 5.41) is 2.02. The van der Waals surface area contributed by atoms with Gasteiger partial charge in [-0.1, -0.05) is 72.1 Å². The summed E-state index contributed by atoms with van der Waals surface area (Å²) >= 11 is 0. The van der Waals surface area contributed by atoms with Crippen LogP contribution in [0.25, 0.3) is 0 Å². The molecule has 1 N–H and O–H groups in total. The van der Waals surface area contributed by atoms with E-state index in [2.05, 4.69) is 6.92 Å². The van der Waals surface area contributed by atoms with Gasteiger partial charge in [0.1, 0.15) is 11.6 Å². The van der Waals surface area contributed by atoms with Crippen LogP contribution in [-0.4, -0.2) is 24.5 Å². The second kappa shape index (κ2) is 14.1. The lowest BCUT2D eigenvalue weighted by molar-refractivity contribution is -0.147. The van der Waals surface area contributed by atoms with Gasteiger partial charge >= 0.3 is 5.97 Å². The summed E-state index contributed by atoms with van der Waals surface area (Å²) < 4.78 is 72.7. The van der Waals surface area contributed by atoms with Crippen molar-refractivity contribution in [1.29, 1.82) is 0 Å². The summed E-state index contributed by atoms with van der Waals surface area (Å²) in [7, 11) is 0. The van der Waals surface area contributed by atoms with Crippen LogP contribution in [-0.2, 0) is 9.53 Å². The maximum atomic E-state index is 13.8. The lowest BCUT2D eigenvalue weighted by Crippen LogP contribution is -2.46. The van der Waals surface area contributed by atoms with Crippen LogP contribution in [0.5, 0.6) is 0 Å². The maximum absolute atomic E-state index is 13.8. The monoisotopic (exact) mass is 465 g/mol. The standard InChI is InChI=1S/C23H32F5NO3/c1-4-5-6-7-8-9-10-11-12-13-32-23(31)21(14(2)3)29-22(30)15-16(24)18(26)20(28)19(27)17(15)25/h14,21H,4-13H2,1-3H3,(H,29,30). The third kappa shape index (κ3) is 8.06. The minimum atomic E-state index is -2.36. The van der Waals surface area contributed by atoms with Crippen molar-refractivity contribution in [3.63, 3.8) is 0 Å². The maximum Gasteiger partial charge on any atom is 0.328 e. The topological polar surface area (TPSA) is 55.4 Å². The molecule has 1 amide bonds. The van der Waals surface area contributed by atoms with E-state index in [0.717, 1.165) is 19.3 Å². The lowest BCUT2D eigenvalue weighted by atomic mass is 10.0. The van der Waals surface area contributed by atoms with Gasteiger partial charge in [-0.15, -0.1) is 0 Å². The van der Waals surface area contributed by atoms with E-state index in [0.29, 0.717) is 6.42 Å². The SMILES string of the molecule is CCCCCCCCCCCOC(=O)C(NC(=O)c1c(F)c(F)c(F)c(F)c1F)C(C)C. The summed E-state index contributed by atoms with van der Waals surface area (Å²) in [4.78, 5) is 24.5. The quantitative estimate of drug-likeness (QED) is 0.117. The molecule has 0 saturated carbocycles. The van der Waals surface area contributed by atoms with Crippen molar-refractivity contribution in [3.8, 4) is 0 Å². The molecule has 0 aliphatic carbocycles. The van der Waals surface area contributed by atoms with Gasteiger partial charge in [0.25, 0.3) is 5.91 Å². The summed E-state index contributed by atoms with van der Waals surface area (Å²) in [5.41, 5.74) is -1.64.